The van der Waals surface area contributed by atoms with E-state index in [0.717, 1.165) is 17.7 Å². The number of hydrogen-bond acceptors (Lipinski definition) is 3. The van der Waals surface area contributed by atoms with Crippen LogP contribution >= 0.6 is 0 Å². The summed E-state index contributed by atoms with van der Waals surface area (Å²) in [6.45, 7) is 0.744. The van der Waals surface area contributed by atoms with Crippen LogP contribution < -0.4 is 5.32 Å². The smallest absolute Gasteiger partial charge is 0.213 e. The summed E-state index contributed by atoms with van der Waals surface area (Å²) in [5.74, 6) is -0.994. The molecule has 2 heterocycles. The summed E-state index contributed by atoms with van der Waals surface area (Å²) in [5, 5.41) is 3.22. The third-order valence-corrected chi connectivity index (χ3v) is 6.31. The first kappa shape index (κ1) is 20.5. The number of benzene rings is 2. The van der Waals surface area contributed by atoms with Crippen molar-refractivity contribution in [1.82, 2.24) is 15.3 Å². The fraction of sp³-hybridized carbons (Fsp3) is 0.185. The number of rotatable bonds is 6. The second-order valence-electron chi connectivity index (χ2n) is 8.37. The number of hydrogen-bond donors (Lipinski definition) is 1. The molecule has 0 unspecified atom stereocenters. The van der Waals surface area contributed by atoms with E-state index in [1.165, 1.54) is 52.3 Å². The van der Waals surface area contributed by atoms with E-state index in [4.69, 9.17) is 0 Å². The molecule has 32 heavy (non-hydrogen) atoms. The minimum atomic E-state index is -0.497. The quantitative estimate of drug-likeness (QED) is 0.429. The van der Waals surface area contributed by atoms with Gasteiger partial charge in [-0.25, -0.2) is 9.97 Å². The second-order valence-corrected chi connectivity index (χ2v) is 8.37. The van der Waals surface area contributed by atoms with Crippen LogP contribution in [0.15, 0.2) is 79.1 Å². The monoisotopic (exact) mass is 427 g/mol. The number of halogens is 2. The van der Waals surface area contributed by atoms with Gasteiger partial charge < -0.3 is 5.32 Å². The maximum Gasteiger partial charge on any atom is 0.213 e. The van der Waals surface area contributed by atoms with Gasteiger partial charge in [0, 0.05) is 24.4 Å². The van der Waals surface area contributed by atoms with Gasteiger partial charge in [-0.3, -0.25) is 0 Å². The minimum absolute atomic E-state index is 0.475. The van der Waals surface area contributed by atoms with Crippen molar-refractivity contribution >= 4 is 0 Å². The van der Waals surface area contributed by atoms with Gasteiger partial charge in [0.05, 0.1) is 0 Å². The lowest BCUT2D eigenvalue weighted by atomic mass is 9.69. The third kappa shape index (κ3) is 3.59. The molecule has 0 saturated heterocycles. The summed E-state index contributed by atoms with van der Waals surface area (Å²) in [7, 11) is 1.93. The van der Waals surface area contributed by atoms with Crippen molar-refractivity contribution in [3.05, 3.63) is 119 Å². The molecule has 1 aliphatic rings. The van der Waals surface area contributed by atoms with Gasteiger partial charge in [0.2, 0.25) is 11.9 Å². The van der Waals surface area contributed by atoms with E-state index in [0.29, 0.717) is 12.8 Å². The molecule has 2 aromatic carbocycles. The van der Waals surface area contributed by atoms with Gasteiger partial charge in [-0.15, -0.1) is 0 Å². The predicted molar refractivity (Wildman–Crippen MR) is 121 cm³/mol. The van der Waals surface area contributed by atoms with E-state index in [2.05, 4.69) is 45.6 Å². The molecule has 0 aliphatic heterocycles. The van der Waals surface area contributed by atoms with E-state index in [-0.39, 0.29) is 0 Å². The van der Waals surface area contributed by atoms with Gasteiger partial charge in [0.1, 0.15) is 0 Å². The van der Waals surface area contributed by atoms with Crippen molar-refractivity contribution in [2.24, 2.45) is 0 Å². The molecular weight excluding hydrogens is 404 g/mol. The minimum Gasteiger partial charge on any atom is -0.316 e. The lowest BCUT2D eigenvalue weighted by molar-refractivity contribution is 0.509. The molecular formula is C27H23F2N3. The normalized spacial score (nSPS) is 13.6. The number of nitrogens with one attached hydrogen (secondary N) is 1. The summed E-state index contributed by atoms with van der Waals surface area (Å²) in [6.07, 6.45) is 4.15. The Morgan fingerprint density at radius 3 is 1.97 bits per heavy atom. The molecule has 0 saturated carbocycles. The molecule has 4 aromatic rings. The molecule has 5 rings (SSSR count). The van der Waals surface area contributed by atoms with E-state index in [1.807, 2.05) is 31.3 Å². The molecule has 5 heteroatoms. The number of aromatic nitrogens is 2. The van der Waals surface area contributed by atoms with Gasteiger partial charge >= 0.3 is 0 Å². The number of pyridine rings is 2. The van der Waals surface area contributed by atoms with E-state index >= 15 is 0 Å². The van der Waals surface area contributed by atoms with E-state index in [1.54, 1.807) is 0 Å². The summed E-state index contributed by atoms with van der Waals surface area (Å²) < 4.78 is 28.0. The maximum absolute atomic E-state index is 14.0. The number of nitrogens with zero attached hydrogens (tertiary/aromatic N) is 2. The van der Waals surface area contributed by atoms with Crippen LogP contribution in [0.5, 0.6) is 0 Å². The van der Waals surface area contributed by atoms with Crippen LogP contribution in [0, 0.1) is 11.9 Å². The van der Waals surface area contributed by atoms with Crippen LogP contribution in [-0.4, -0.2) is 17.0 Å². The Kier molecular flexibility index (Phi) is 5.27. The zero-order chi connectivity index (χ0) is 22.1. The zero-order valence-corrected chi connectivity index (χ0v) is 17.8. The maximum atomic E-state index is 14.0. The molecule has 0 atom stereocenters. The lowest BCUT2D eigenvalue weighted by Crippen LogP contribution is -2.31. The van der Waals surface area contributed by atoms with E-state index < -0.39 is 17.3 Å². The summed E-state index contributed by atoms with van der Waals surface area (Å²) in [4.78, 5) is 7.45. The summed E-state index contributed by atoms with van der Waals surface area (Å²) >= 11 is 0. The molecule has 0 fully saturated rings. The predicted octanol–water partition coefficient (Wildman–Crippen LogP) is 5.23. The zero-order valence-electron chi connectivity index (χ0n) is 17.8. The molecule has 1 N–H and O–H groups in total. The average molecular weight is 427 g/mol. The van der Waals surface area contributed by atoms with Gasteiger partial charge in [0.25, 0.3) is 0 Å². The number of fused-ring (bicyclic) bond motifs is 3. The van der Waals surface area contributed by atoms with Crippen LogP contribution in [0.3, 0.4) is 0 Å². The highest BCUT2D eigenvalue weighted by molar-refractivity contribution is 5.82. The van der Waals surface area contributed by atoms with Crippen molar-refractivity contribution in [3.8, 4) is 11.1 Å². The first-order chi connectivity index (χ1) is 15.6. The molecule has 2 aromatic heterocycles. The lowest BCUT2D eigenvalue weighted by Gasteiger charge is -2.33. The highest BCUT2D eigenvalue weighted by Gasteiger charge is 2.43. The Labute approximate surface area is 186 Å². The van der Waals surface area contributed by atoms with Gasteiger partial charge in [-0.1, -0.05) is 42.5 Å². The van der Waals surface area contributed by atoms with Crippen LogP contribution in [0.2, 0.25) is 0 Å². The Bertz CT molecular complexity index is 1240. The molecule has 0 amide bonds. The molecule has 3 nitrogen and oxygen atoms in total. The topological polar surface area (TPSA) is 37.8 Å². The standard InChI is InChI=1S/C27H23F2N3/c1-30-17-20-6-7-22-21-4-2-3-5-23(21)27(24(22)12-20,15-18-8-10-31-25(28)13-18)16-19-9-11-32-26(29)14-19/h2-14,30H,15-17H2,1H3. The van der Waals surface area contributed by atoms with E-state index in [9.17, 15) is 8.78 Å². The average Bonchev–Trinajstić information content (AvgIpc) is 3.04. The fourth-order valence-corrected chi connectivity index (χ4v) is 5.06. The second kappa shape index (κ2) is 8.24. The van der Waals surface area contributed by atoms with Crippen LogP contribution in [0.1, 0.15) is 27.8 Å². The van der Waals surface area contributed by atoms with Crippen molar-refractivity contribution in [3.63, 3.8) is 0 Å². The first-order valence-electron chi connectivity index (χ1n) is 10.7. The summed E-state index contributed by atoms with van der Waals surface area (Å²) in [5.41, 5.74) is 7.10. The Morgan fingerprint density at radius 2 is 1.34 bits per heavy atom. The molecule has 160 valence electrons. The van der Waals surface area contributed by atoms with Crippen molar-refractivity contribution in [1.29, 1.82) is 0 Å². The Balaban J connectivity index is 1.75. The van der Waals surface area contributed by atoms with Crippen LogP contribution in [0.4, 0.5) is 8.78 Å². The molecule has 1 aliphatic carbocycles. The Morgan fingerprint density at radius 1 is 0.719 bits per heavy atom. The fourth-order valence-electron chi connectivity index (χ4n) is 5.06. The Hall–Kier alpha value is -3.44. The van der Waals surface area contributed by atoms with Crippen LogP contribution in [0.25, 0.3) is 11.1 Å². The van der Waals surface area contributed by atoms with Crippen molar-refractivity contribution in [2.75, 3.05) is 7.05 Å². The van der Waals surface area contributed by atoms with Crippen LogP contribution in [-0.2, 0) is 24.8 Å². The summed E-state index contributed by atoms with van der Waals surface area (Å²) in [6, 6.07) is 21.6. The highest BCUT2D eigenvalue weighted by Crippen LogP contribution is 2.52. The molecule has 0 radical (unpaired) electrons. The molecule has 0 bridgehead atoms. The van der Waals surface area contributed by atoms with Crippen molar-refractivity contribution in [2.45, 2.75) is 24.8 Å². The highest BCUT2D eigenvalue weighted by atomic mass is 19.1. The van der Waals surface area contributed by atoms with Gasteiger partial charge in [-0.2, -0.15) is 8.78 Å². The SMILES string of the molecule is CNCc1ccc2c(c1)C(Cc1ccnc(F)c1)(Cc1ccnc(F)c1)c1ccccc1-2. The van der Waals surface area contributed by atoms with Gasteiger partial charge in [0.15, 0.2) is 0 Å². The van der Waals surface area contributed by atoms with Gasteiger partial charge in [-0.05, 0) is 83.1 Å². The molecule has 0 spiro atoms. The largest absolute Gasteiger partial charge is 0.316 e. The first-order valence-corrected chi connectivity index (χ1v) is 10.7. The van der Waals surface area contributed by atoms with Crippen molar-refractivity contribution < 1.29 is 8.78 Å². The third-order valence-electron chi connectivity index (χ3n) is 6.31.